The van der Waals surface area contributed by atoms with Gasteiger partial charge in [-0.3, -0.25) is 0 Å². The Morgan fingerprint density at radius 3 is 2.85 bits per heavy atom. The molecule has 0 radical (unpaired) electrons. The normalized spacial score (nSPS) is 15.0. The summed E-state index contributed by atoms with van der Waals surface area (Å²) in [4.78, 5) is 0. The second-order valence-corrected chi connectivity index (χ2v) is 3.71. The summed E-state index contributed by atoms with van der Waals surface area (Å²) in [5.74, 6) is 0. The summed E-state index contributed by atoms with van der Waals surface area (Å²) in [6.07, 6.45) is 2.22. The van der Waals surface area contributed by atoms with Crippen LogP contribution in [-0.2, 0) is 5.60 Å². The van der Waals surface area contributed by atoms with Crippen LogP contribution in [0.4, 0.5) is 0 Å². The molecular formula is C11H13ClO. The van der Waals surface area contributed by atoms with E-state index < -0.39 is 5.60 Å². The van der Waals surface area contributed by atoms with Crippen LogP contribution in [0.15, 0.2) is 36.9 Å². The lowest BCUT2D eigenvalue weighted by Crippen LogP contribution is -2.19. The minimum absolute atomic E-state index is 0.521. The van der Waals surface area contributed by atoms with E-state index >= 15 is 0 Å². The minimum atomic E-state index is -0.868. The molecule has 0 aliphatic heterocycles. The largest absolute Gasteiger partial charge is 0.385 e. The average molecular weight is 197 g/mol. The molecule has 0 aliphatic rings. The first-order valence-electron chi connectivity index (χ1n) is 4.15. The van der Waals surface area contributed by atoms with Crippen molar-refractivity contribution in [2.24, 2.45) is 0 Å². The van der Waals surface area contributed by atoms with Crippen molar-refractivity contribution in [3.05, 3.63) is 47.5 Å². The molecule has 2 heteroatoms. The second-order valence-electron chi connectivity index (χ2n) is 3.28. The van der Waals surface area contributed by atoms with Crippen LogP contribution in [-0.4, -0.2) is 5.11 Å². The van der Waals surface area contributed by atoms with Gasteiger partial charge in [-0.25, -0.2) is 0 Å². The Kier molecular flexibility index (Phi) is 3.12. The lowest BCUT2D eigenvalue weighted by Gasteiger charge is -2.22. The third-order valence-corrected chi connectivity index (χ3v) is 2.22. The van der Waals surface area contributed by atoms with E-state index in [1.54, 1.807) is 25.1 Å². The zero-order valence-electron chi connectivity index (χ0n) is 7.63. The summed E-state index contributed by atoms with van der Waals surface area (Å²) in [6.45, 7) is 5.35. The van der Waals surface area contributed by atoms with Gasteiger partial charge < -0.3 is 5.11 Å². The summed E-state index contributed by atoms with van der Waals surface area (Å²) < 4.78 is 0. The topological polar surface area (TPSA) is 20.2 Å². The molecule has 0 bridgehead atoms. The van der Waals surface area contributed by atoms with Crippen molar-refractivity contribution in [2.75, 3.05) is 0 Å². The van der Waals surface area contributed by atoms with Crippen molar-refractivity contribution in [3.63, 3.8) is 0 Å². The van der Waals surface area contributed by atoms with E-state index in [9.17, 15) is 5.11 Å². The minimum Gasteiger partial charge on any atom is -0.385 e. The van der Waals surface area contributed by atoms with Crippen LogP contribution in [0.3, 0.4) is 0 Å². The molecule has 0 amide bonds. The number of aliphatic hydroxyl groups is 1. The fraction of sp³-hybridized carbons (Fsp3) is 0.273. The third kappa shape index (κ3) is 2.58. The molecule has 1 N–H and O–H groups in total. The van der Waals surface area contributed by atoms with E-state index in [2.05, 4.69) is 6.58 Å². The third-order valence-electron chi connectivity index (χ3n) is 1.99. The summed E-state index contributed by atoms with van der Waals surface area (Å²) in [5.41, 5.74) is -0.0491. The van der Waals surface area contributed by atoms with Crippen molar-refractivity contribution >= 4 is 11.6 Å². The Morgan fingerprint density at radius 1 is 1.62 bits per heavy atom. The molecule has 0 fully saturated rings. The molecule has 1 atom stereocenters. The van der Waals surface area contributed by atoms with Gasteiger partial charge >= 0.3 is 0 Å². The van der Waals surface area contributed by atoms with E-state index in [1.807, 2.05) is 12.1 Å². The maximum atomic E-state index is 9.98. The molecule has 0 saturated carbocycles. The first-order chi connectivity index (χ1) is 6.06. The van der Waals surface area contributed by atoms with Gasteiger partial charge in [0.15, 0.2) is 0 Å². The number of hydrogen-bond acceptors (Lipinski definition) is 1. The molecule has 13 heavy (non-hydrogen) atoms. The monoisotopic (exact) mass is 196 g/mol. The zero-order valence-corrected chi connectivity index (χ0v) is 8.38. The summed E-state index contributed by atoms with van der Waals surface area (Å²) >= 11 is 5.81. The fourth-order valence-corrected chi connectivity index (χ4v) is 1.41. The molecular weight excluding hydrogens is 184 g/mol. The predicted molar refractivity (Wildman–Crippen MR) is 55.8 cm³/mol. The van der Waals surface area contributed by atoms with Gasteiger partial charge in [-0.15, -0.1) is 6.58 Å². The SMILES string of the molecule is C=CCC(C)(O)c1cccc(Cl)c1. The van der Waals surface area contributed by atoms with Crippen LogP contribution in [0.2, 0.25) is 5.02 Å². The quantitative estimate of drug-likeness (QED) is 0.737. The molecule has 0 aliphatic carbocycles. The van der Waals surface area contributed by atoms with Crippen molar-refractivity contribution in [2.45, 2.75) is 18.9 Å². The van der Waals surface area contributed by atoms with Gasteiger partial charge in [0.2, 0.25) is 0 Å². The van der Waals surface area contributed by atoms with Crippen LogP contribution < -0.4 is 0 Å². The van der Waals surface area contributed by atoms with Crippen LogP contribution in [0.25, 0.3) is 0 Å². The standard InChI is InChI=1S/C11H13ClO/c1-3-7-11(2,13)9-5-4-6-10(12)8-9/h3-6,8,13H,1,7H2,2H3. The first kappa shape index (κ1) is 10.3. The molecule has 70 valence electrons. The highest BCUT2D eigenvalue weighted by molar-refractivity contribution is 6.30. The molecule has 1 nitrogen and oxygen atoms in total. The van der Waals surface area contributed by atoms with Crippen molar-refractivity contribution in [1.29, 1.82) is 0 Å². The second kappa shape index (κ2) is 3.95. The number of hydrogen-bond donors (Lipinski definition) is 1. The molecule has 1 unspecified atom stereocenters. The highest BCUT2D eigenvalue weighted by Gasteiger charge is 2.20. The number of rotatable bonds is 3. The van der Waals surface area contributed by atoms with Crippen LogP contribution >= 0.6 is 11.6 Å². The van der Waals surface area contributed by atoms with Gasteiger partial charge in [-0.1, -0.05) is 29.8 Å². The van der Waals surface area contributed by atoms with Gasteiger partial charge in [0.05, 0.1) is 5.60 Å². The molecule has 0 heterocycles. The fourth-order valence-electron chi connectivity index (χ4n) is 1.22. The van der Waals surface area contributed by atoms with Crippen molar-refractivity contribution < 1.29 is 5.11 Å². The molecule has 1 aromatic carbocycles. The zero-order chi connectivity index (χ0) is 9.90. The molecule has 0 saturated heterocycles. The summed E-state index contributed by atoms with van der Waals surface area (Å²) in [5, 5.41) is 10.6. The van der Waals surface area contributed by atoms with Crippen molar-refractivity contribution in [1.82, 2.24) is 0 Å². The van der Waals surface area contributed by atoms with Gasteiger partial charge in [0, 0.05) is 5.02 Å². The Labute approximate surface area is 83.7 Å². The average Bonchev–Trinajstić information content (AvgIpc) is 2.04. The van der Waals surface area contributed by atoms with Crippen molar-refractivity contribution in [3.8, 4) is 0 Å². The maximum Gasteiger partial charge on any atom is 0.0903 e. The summed E-state index contributed by atoms with van der Waals surface area (Å²) in [7, 11) is 0. The van der Waals surface area contributed by atoms with Crippen LogP contribution in [0.5, 0.6) is 0 Å². The van der Waals surface area contributed by atoms with E-state index in [0.717, 1.165) is 5.56 Å². The summed E-state index contributed by atoms with van der Waals surface area (Å²) in [6, 6.07) is 7.24. The Morgan fingerprint density at radius 2 is 2.31 bits per heavy atom. The Bertz CT molecular complexity index is 305. The van der Waals surface area contributed by atoms with E-state index in [1.165, 1.54) is 0 Å². The van der Waals surface area contributed by atoms with Gasteiger partial charge in [0.25, 0.3) is 0 Å². The number of halogens is 1. The highest BCUT2D eigenvalue weighted by Crippen LogP contribution is 2.26. The first-order valence-corrected chi connectivity index (χ1v) is 4.53. The van der Waals surface area contributed by atoms with Gasteiger partial charge in [-0.2, -0.15) is 0 Å². The smallest absolute Gasteiger partial charge is 0.0903 e. The molecule has 1 rings (SSSR count). The lowest BCUT2D eigenvalue weighted by atomic mass is 9.93. The Hall–Kier alpha value is -0.790. The molecule has 0 aromatic heterocycles. The van der Waals surface area contributed by atoms with E-state index in [0.29, 0.717) is 11.4 Å². The molecule has 0 spiro atoms. The van der Waals surface area contributed by atoms with Crippen LogP contribution in [0.1, 0.15) is 18.9 Å². The predicted octanol–water partition coefficient (Wildman–Crippen LogP) is 3.12. The van der Waals surface area contributed by atoms with Crippen LogP contribution in [0, 0.1) is 0 Å². The lowest BCUT2D eigenvalue weighted by molar-refractivity contribution is 0.0606. The highest BCUT2D eigenvalue weighted by atomic mass is 35.5. The Balaban J connectivity index is 2.99. The molecule has 1 aromatic rings. The van der Waals surface area contributed by atoms with E-state index in [-0.39, 0.29) is 0 Å². The maximum absolute atomic E-state index is 9.98. The number of benzene rings is 1. The van der Waals surface area contributed by atoms with Gasteiger partial charge in [0.1, 0.15) is 0 Å². The van der Waals surface area contributed by atoms with E-state index in [4.69, 9.17) is 11.6 Å². The van der Waals surface area contributed by atoms with Gasteiger partial charge in [-0.05, 0) is 31.0 Å².